The largest absolute Gasteiger partial charge is 0.497 e. The minimum atomic E-state index is -0.307. The van der Waals surface area contributed by atoms with Crippen molar-refractivity contribution in [3.8, 4) is 17.1 Å². The highest BCUT2D eigenvalue weighted by Gasteiger charge is 2.28. The normalized spacial score (nSPS) is 18.0. The van der Waals surface area contributed by atoms with E-state index in [4.69, 9.17) is 15.5 Å². The number of methoxy groups -OCH3 is 1. The van der Waals surface area contributed by atoms with Crippen LogP contribution in [0, 0.1) is 0 Å². The van der Waals surface area contributed by atoms with Gasteiger partial charge in [-0.25, -0.2) is 9.97 Å². The van der Waals surface area contributed by atoms with Crippen LogP contribution in [0.2, 0.25) is 0 Å². The average molecular weight is 312 g/mol. The van der Waals surface area contributed by atoms with Crippen LogP contribution in [0.3, 0.4) is 0 Å². The third kappa shape index (κ3) is 3.48. The molecule has 1 aliphatic heterocycles. The first kappa shape index (κ1) is 15.4. The molecule has 23 heavy (non-hydrogen) atoms. The molecule has 2 aromatic rings. The minimum Gasteiger partial charge on any atom is -0.497 e. The number of aromatic nitrogens is 2. The van der Waals surface area contributed by atoms with E-state index in [2.05, 4.69) is 9.88 Å². The number of amides is 1. The summed E-state index contributed by atoms with van der Waals surface area (Å²) in [5.74, 6) is 1.12. The first-order chi connectivity index (χ1) is 11.2. The van der Waals surface area contributed by atoms with E-state index >= 15 is 0 Å². The average Bonchev–Trinajstić information content (AvgIpc) is 3.02. The van der Waals surface area contributed by atoms with Gasteiger partial charge >= 0.3 is 0 Å². The molecule has 1 aromatic heterocycles. The fourth-order valence-electron chi connectivity index (χ4n) is 3.01. The number of ether oxygens (including phenoxy) is 1. The fourth-order valence-corrected chi connectivity index (χ4v) is 3.01. The Bertz CT molecular complexity index is 704. The SMILES string of the molecule is COc1cccc(-c2nccc(C3CCCN3CC(N)=O)n2)c1. The van der Waals surface area contributed by atoms with E-state index in [1.54, 1.807) is 13.3 Å². The standard InChI is InChI=1S/C17H20N4O2/c1-23-13-5-2-4-12(10-13)17-19-8-7-14(20-17)15-6-3-9-21(15)11-16(18)22/h2,4-5,7-8,10,15H,3,6,9,11H2,1H3,(H2,18,22). The number of hydrogen-bond donors (Lipinski definition) is 1. The number of nitrogens with zero attached hydrogens (tertiary/aromatic N) is 3. The molecule has 0 spiro atoms. The predicted molar refractivity (Wildman–Crippen MR) is 86.8 cm³/mol. The van der Waals surface area contributed by atoms with Gasteiger partial charge in [0.2, 0.25) is 5.91 Å². The molecule has 0 bridgehead atoms. The Kier molecular flexibility index (Phi) is 4.52. The van der Waals surface area contributed by atoms with Gasteiger partial charge in [-0.1, -0.05) is 12.1 Å². The molecule has 1 saturated heterocycles. The second-order valence-electron chi connectivity index (χ2n) is 5.63. The summed E-state index contributed by atoms with van der Waals surface area (Å²) < 4.78 is 5.25. The Morgan fingerprint density at radius 3 is 3.09 bits per heavy atom. The second kappa shape index (κ2) is 6.75. The summed E-state index contributed by atoms with van der Waals surface area (Å²) in [6.45, 7) is 1.13. The highest BCUT2D eigenvalue weighted by Crippen LogP contribution is 2.31. The third-order valence-electron chi connectivity index (χ3n) is 4.07. The van der Waals surface area contributed by atoms with Gasteiger partial charge in [0.05, 0.1) is 25.4 Å². The van der Waals surface area contributed by atoms with Gasteiger partial charge in [0.1, 0.15) is 5.75 Å². The zero-order chi connectivity index (χ0) is 16.2. The van der Waals surface area contributed by atoms with Crippen molar-refractivity contribution in [2.24, 2.45) is 5.73 Å². The summed E-state index contributed by atoms with van der Waals surface area (Å²) in [7, 11) is 1.64. The lowest BCUT2D eigenvalue weighted by Gasteiger charge is -2.22. The number of hydrogen-bond acceptors (Lipinski definition) is 5. The molecule has 6 nitrogen and oxygen atoms in total. The van der Waals surface area contributed by atoms with Crippen LogP contribution in [0.5, 0.6) is 5.75 Å². The van der Waals surface area contributed by atoms with Crippen LogP contribution in [-0.2, 0) is 4.79 Å². The van der Waals surface area contributed by atoms with E-state index in [9.17, 15) is 4.79 Å². The van der Waals surface area contributed by atoms with Crippen molar-refractivity contribution < 1.29 is 9.53 Å². The van der Waals surface area contributed by atoms with Crippen molar-refractivity contribution in [2.45, 2.75) is 18.9 Å². The van der Waals surface area contributed by atoms with Crippen molar-refractivity contribution in [3.05, 3.63) is 42.2 Å². The lowest BCUT2D eigenvalue weighted by atomic mass is 10.1. The minimum absolute atomic E-state index is 0.120. The number of benzene rings is 1. The summed E-state index contributed by atoms with van der Waals surface area (Å²) >= 11 is 0. The molecule has 2 N–H and O–H groups in total. The van der Waals surface area contributed by atoms with Crippen molar-refractivity contribution >= 4 is 5.91 Å². The Balaban J connectivity index is 1.88. The van der Waals surface area contributed by atoms with E-state index in [0.29, 0.717) is 5.82 Å². The molecule has 0 saturated carbocycles. The summed E-state index contributed by atoms with van der Waals surface area (Å²) in [5.41, 5.74) is 7.17. The quantitative estimate of drug-likeness (QED) is 0.910. The summed E-state index contributed by atoms with van der Waals surface area (Å²) in [4.78, 5) is 22.4. The van der Waals surface area contributed by atoms with Gasteiger partial charge in [-0.3, -0.25) is 9.69 Å². The summed E-state index contributed by atoms with van der Waals surface area (Å²) in [6, 6.07) is 9.70. The van der Waals surface area contributed by atoms with Crippen molar-refractivity contribution in [3.63, 3.8) is 0 Å². The van der Waals surface area contributed by atoms with E-state index in [1.807, 2.05) is 30.3 Å². The van der Waals surface area contributed by atoms with Crippen LogP contribution in [0.1, 0.15) is 24.6 Å². The molecule has 3 rings (SSSR count). The topological polar surface area (TPSA) is 81.3 Å². The molecule has 1 amide bonds. The lowest BCUT2D eigenvalue weighted by molar-refractivity contribution is -0.119. The van der Waals surface area contributed by atoms with Crippen LogP contribution in [0.15, 0.2) is 36.5 Å². The van der Waals surface area contributed by atoms with E-state index in [-0.39, 0.29) is 18.5 Å². The molecular weight excluding hydrogens is 292 g/mol. The Hall–Kier alpha value is -2.47. The second-order valence-corrected chi connectivity index (χ2v) is 5.63. The molecule has 1 aliphatic rings. The monoisotopic (exact) mass is 312 g/mol. The highest BCUT2D eigenvalue weighted by atomic mass is 16.5. The van der Waals surface area contributed by atoms with Gasteiger partial charge < -0.3 is 10.5 Å². The number of carbonyl (C=O) groups excluding carboxylic acids is 1. The van der Waals surface area contributed by atoms with Gasteiger partial charge in [0.15, 0.2) is 5.82 Å². The van der Waals surface area contributed by atoms with Gasteiger partial charge in [-0.2, -0.15) is 0 Å². The zero-order valence-corrected chi connectivity index (χ0v) is 13.1. The number of primary amides is 1. The number of likely N-dealkylation sites (tertiary alicyclic amines) is 1. The predicted octanol–water partition coefficient (Wildman–Crippen LogP) is 1.77. The lowest BCUT2D eigenvalue weighted by Crippen LogP contribution is -2.33. The molecule has 1 fully saturated rings. The molecule has 1 aromatic carbocycles. The van der Waals surface area contributed by atoms with Crippen molar-refractivity contribution in [2.75, 3.05) is 20.2 Å². The van der Waals surface area contributed by atoms with Crippen molar-refractivity contribution in [1.29, 1.82) is 0 Å². The molecule has 120 valence electrons. The molecule has 0 radical (unpaired) electrons. The van der Waals surface area contributed by atoms with E-state index in [0.717, 1.165) is 36.4 Å². The van der Waals surface area contributed by atoms with Gasteiger partial charge in [-0.15, -0.1) is 0 Å². The van der Waals surface area contributed by atoms with Gasteiger partial charge in [0, 0.05) is 11.8 Å². The number of nitrogens with two attached hydrogens (primary N) is 1. The zero-order valence-electron chi connectivity index (χ0n) is 13.1. The highest BCUT2D eigenvalue weighted by molar-refractivity contribution is 5.76. The Labute approximate surface area is 135 Å². The molecule has 0 aliphatic carbocycles. The first-order valence-electron chi connectivity index (χ1n) is 7.67. The molecular formula is C17H20N4O2. The van der Waals surface area contributed by atoms with E-state index < -0.39 is 0 Å². The Morgan fingerprint density at radius 2 is 2.30 bits per heavy atom. The fraction of sp³-hybridized carbons (Fsp3) is 0.353. The van der Waals surface area contributed by atoms with Crippen LogP contribution < -0.4 is 10.5 Å². The maximum Gasteiger partial charge on any atom is 0.231 e. The van der Waals surface area contributed by atoms with Crippen LogP contribution in [0.4, 0.5) is 0 Å². The summed E-state index contributed by atoms with van der Waals surface area (Å²) in [6.07, 6.45) is 3.77. The molecule has 1 unspecified atom stereocenters. The maximum absolute atomic E-state index is 11.2. The molecule has 2 heterocycles. The van der Waals surface area contributed by atoms with Crippen LogP contribution in [0.25, 0.3) is 11.4 Å². The molecule has 6 heteroatoms. The van der Waals surface area contributed by atoms with Crippen LogP contribution >= 0.6 is 0 Å². The van der Waals surface area contributed by atoms with Gasteiger partial charge in [-0.05, 0) is 37.6 Å². The smallest absolute Gasteiger partial charge is 0.231 e. The van der Waals surface area contributed by atoms with Crippen LogP contribution in [-0.4, -0.2) is 41.0 Å². The maximum atomic E-state index is 11.2. The first-order valence-corrected chi connectivity index (χ1v) is 7.67. The van der Waals surface area contributed by atoms with Crippen molar-refractivity contribution in [1.82, 2.24) is 14.9 Å². The number of carbonyl (C=O) groups is 1. The molecule has 1 atom stereocenters. The third-order valence-corrected chi connectivity index (χ3v) is 4.07. The summed E-state index contributed by atoms with van der Waals surface area (Å²) in [5, 5.41) is 0. The number of rotatable bonds is 5. The van der Waals surface area contributed by atoms with Gasteiger partial charge in [0.25, 0.3) is 0 Å². The van der Waals surface area contributed by atoms with E-state index in [1.165, 1.54) is 0 Å². The Morgan fingerprint density at radius 1 is 1.43 bits per heavy atom.